The van der Waals surface area contributed by atoms with Gasteiger partial charge in [-0.15, -0.1) is 0 Å². The van der Waals surface area contributed by atoms with Gasteiger partial charge in [-0.2, -0.15) is 0 Å². The number of rotatable bonds is 2. The highest BCUT2D eigenvalue weighted by molar-refractivity contribution is 6.39. The summed E-state index contributed by atoms with van der Waals surface area (Å²) in [5.74, 6) is -1.17. The molecule has 1 unspecified atom stereocenters. The average molecular weight is 306 g/mol. The topological polar surface area (TPSA) is 70.2 Å². The Balaban J connectivity index is 2.09. The van der Waals surface area contributed by atoms with E-state index >= 15 is 0 Å². The zero-order chi connectivity index (χ0) is 14.0. The number of carbonyl (C=O) groups excluding carboxylic acids is 2. The highest BCUT2D eigenvalue weighted by Gasteiger charge is 2.24. The van der Waals surface area contributed by atoms with Crippen LogP contribution in [0.5, 0.6) is 0 Å². The molecule has 1 aromatic carbocycles. The van der Waals surface area contributed by atoms with E-state index in [9.17, 15) is 14.0 Å². The Hall–Kier alpha value is -1.37. The van der Waals surface area contributed by atoms with E-state index in [1.165, 1.54) is 0 Å². The predicted molar refractivity (Wildman–Crippen MR) is 69.9 cm³/mol. The molecule has 1 heterocycles. The lowest BCUT2D eigenvalue weighted by Crippen LogP contribution is -2.56. The molecule has 102 valence electrons. The van der Waals surface area contributed by atoms with E-state index < -0.39 is 17.8 Å². The quantitative estimate of drug-likeness (QED) is 0.768. The van der Waals surface area contributed by atoms with Crippen LogP contribution in [0.2, 0.25) is 10.0 Å². The van der Waals surface area contributed by atoms with Gasteiger partial charge in [0.15, 0.2) is 0 Å². The molecule has 0 bridgehead atoms. The van der Waals surface area contributed by atoms with Crippen LogP contribution in [0, 0.1) is 5.82 Å². The molecular formula is C11H10Cl2FN3O2. The van der Waals surface area contributed by atoms with E-state index in [1.54, 1.807) is 0 Å². The van der Waals surface area contributed by atoms with E-state index in [2.05, 4.69) is 16.0 Å². The van der Waals surface area contributed by atoms with Crippen molar-refractivity contribution in [3.05, 3.63) is 28.0 Å². The van der Waals surface area contributed by atoms with Gasteiger partial charge < -0.3 is 10.6 Å². The molecule has 0 spiro atoms. The Morgan fingerprint density at radius 1 is 1.37 bits per heavy atom. The first kappa shape index (κ1) is 14.0. The van der Waals surface area contributed by atoms with Gasteiger partial charge in [-0.3, -0.25) is 14.9 Å². The minimum atomic E-state index is -0.588. The maximum absolute atomic E-state index is 13.0. The van der Waals surface area contributed by atoms with Gasteiger partial charge in [-0.05, 0) is 12.1 Å². The van der Waals surface area contributed by atoms with Gasteiger partial charge in [0.1, 0.15) is 11.9 Å². The van der Waals surface area contributed by atoms with Gasteiger partial charge in [0, 0.05) is 6.54 Å². The number of hydrogen-bond donors (Lipinski definition) is 3. The fourth-order valence-corrected chi connectivity index (χ4v) is 2.18. The van der Waals surface area contributed by atoms with Crippen LogP contribution >= 0.6 is 23.2 Å². The van der Waals surface area contributed by atoms with Gasteiger partial charge >= 0.3 is 0 Å². The van der Waals surface area contributed by atoms with Crippen LogP contribution in [0.15, 0.2) is 12.1 Å². The van der Waals surface area contributed by atoms with Crippen molar-refractivity contribution in [2.45, 2.75) is 6.04 Å². The van der Waals surface area contributed by atoms with E-state index in [0.717, 1.165) is 12.1 Å². The Bertz CT molecular complexity index is 506. The minimum absolute atomic E-state index is 0.0122. The van der Waals surface area contributed by atoms with Crippen molar-refractivity contribution < 1.29 is 14.0 Å². The van der Waals surface area contributed by atoms with Gasteiger partial charge in [-0.25, -0.2) is 4.39 Å². The van der Waals surface area contributed by atoms with Crippen molar-refractivity contribution in [2.75, 3.05) is 18.4 Å². The molecule has 0 aliphatic carbocycles. The normalized spacial score (nSPS) is 18.9. The number of amides is 2. The number of carbonyl (C=O) groups is 2. The zero-order valence-electron chi connectivity index (χ0n) is 9.60. The summed E-state index contributed by atoms with van der Waals surface area (Å²) in [6, 6.07) is 1.52. The van der Waals surface area contributed by atoms with Crippen LogP contribution in [0.25, 0.3) is 0 Å². The second-order valence-corrected chi connectivity index (χ2v) is 4.79. The van der Waals surface area contributed by atoms with Crippen LogP contribution in [-0.2, 0) is 9.59 Å². The number of hydrogen-bond acceptors (Lipinski definition) is 3. The lowest BCUT2D eigenvalue weighted by molar-refractivity contribution is -0.124. The van der Waals surface area contributed by atoms with Crippen LogP contribution in [0.4, 0.5) is 10.1 Å². The molecule has 1 aromatic rings. The molecule has 1 aliphatic rings. The smallest absolute Gasteiger partial charge is 0.243 e. The standard InChI is InChI=1S/C11H10Cl2FN3O2/c12-6-1-5(14)2-7(13)10(6)17-11(19)8-3-16-9(18)4-15-8/h1-2,8,15H,3-4H2,(H,16,18)(H,17,19). The molecule has 1 atom stereocenters. The summed E-state index contributed by atoms with van der Waals surface area (Å²) in [6.07, 6.45) is 0. The largest absolute Gasteiger partial charge is 0.353 e. The van der Waals surface area contributed by atoms with Crippen molar-refractivity contribution >= 4 is 40.7 Å². The molecule has 19 heavy (non-hydrogen) atoms. The maximum Gasteiger partial charge on any atom is 0.243 e. The predicted octanol–water partition coefficient (Wildman–Crippen LogP) is 1.16. The summed E-state index contributed by atoms with van der Waals surface area (Å²) in [4.78, 5) is 22.9. The van der Waals surface area contributed by atoms with Gasteiger partial charge in [-0.1, -0.05) is 23.2 Å². The lowest BCUT2D eigenvalue weighted by Gasteiger charge is -2.23. The van der Waals surface area contributed by atoms with Crippen molar-refractivity contribution in [1.29, 1.82) is 0 Å². The highest BCUT2D eigenvalue weighted by Crippen LogP contribution is 2.31. The Kier molecular flexibility index (Phi) is 4.24. The highest BCUT2D eigenvalue weighted by atomic mass is 35.5. The van der Waals surface area contributed by atoms with Crippen LogP contribution < -0.4 is 16.0 Å². The molecule has 2 rings (SSSR count). The van der Waals surface area contributed by atoms with E-state index in [1.807, 2.05) is 0 Å². The van der Waals surface area contributed by atoms with Crippen LogP contribution in [0.1, 0.15) is 0 Å². The second kappa shape index (κ2) is 5.73. The molecule has 1 aliphatic heterocycles. The number of halogens is 3. The summed E-state index contributed by atoms with van der Waals surface area (Å²) in [5.41, 5.74) is 0.147. The van der Waals surface area contributed by atoms with Crippen molar-refractivity contribution in [1.82, 2.24) is 10.6 Å². The molecular weight excluding hydrogens is 296 g/mol. The number of piperazine rings is 1. The van der Waals surface area contributed by atoms with Gasteiger partial charge in [0.05, 0.1) is 22.3 Å². The number of anilines is 1. The fraction of sp³-hybridized carbons (Fsp3) is 0.273. The summed E-state index contributed by atoms with van der Waals surface area (Å²) in [7, 11) is 0. The third-order valence-electron chi connectivity index (χ3n) is 2.58. The van der Waals surface area contributed by atoms with E-state index in [-0.39, 0.29) is 34.7 Å². The van der Waals surface area contributed by atoms with E-state index in [0.29, 0.717) is 0 Å². The summed E-state index contributed by atoms with van der Waals surface area (Å²) < 4.78 is 13.0. The summed E-state index contributed by atoms with van der Waals surface area (Å²) in [5, 5.41) is 7.84. The molecule has 3 N–H and O–H groups in total. The van der Waals surface area contributed by atoms with Gasteiger partial charge in [0.2, 0.25) is 11.8 Å². The van der Waals surface area contributed by atoms with Crippen LogP contribution in [-0.4, -0.2) is 30.9 Å². The molecule has 2 amide bonds. The molecule has 1 fully saturated rings. The third kappa shape index (κ3) is 3.34. The molecule has 8 heteroatoms. The second-order valence-electron chi connectivity index (χ2n) is 3.97. The van der Waals surface area contributed by atoms with Crippen molar-refractivity contribution in [3.63, 3.8) is 0 Å². The van der Waals surface area contributed by atoms with Crippen molar-refractivity contribution in [2.24, 2.45) is 0 Å². The Morgan fingerprint density at radius 3 is 2.53 bits per heavy atom. The molecule has 0 saturated carbocycles. The minimum Gasteiger partial charge on any atom is -0.353 e. The van der Waals surface area contributed by atoms with E-state index in [4.69, 9.17) is 23.2 Å². The molecule has 0 radical (unpaired) electrons. The summed E-state index contributed by atoms with van der Waals surface area (Å²) >= 11 is 11.6. The molecule has 1 saturated heterocycles. The average Bonchev–Trinajstić information content (AvgIpc) is 2.34. The number of benzene rings is 1. The maximum atomic E-state index is 13.0. The third-order valence-corrected chi connectivity index (χ3v) is 3.18. The Morgan fingerprint density at radius 2 is 2.00 bits per heavy atom. The molecule has 0 aromatic heterocycles. The number of nitrogens with one attached hydrogen (secondary N) is 3. The SMILES string of the molecule is O=C1CNC(C(=O)Nc2c(Cl)cc(F)cc2Cl)CN1. The van der Waals surface area contributed by atoms with Crippen LogP contribution in [0.3, 0.4) is 0 Å². The first-order valence-corrected chi connectivity index (χ1v) is 6.18. The first-order chi connectivity index (χ1) is 8.97. The first-order valence-electron chi connectivity index (χ1n) is 5.43. The monoisotopic (exact) mass is 305 g/mol. The fourth-order valence-electron chi connectivity index (χ4n) is 1.62. The summed E-state index contributed by atoms with van der Waals surface area (Å²) in [6.45, 7) is 0.226. The van der Waals surface area contributed by atoms with Gasteiger partial charge in [0.25, 0.3) is 0 Å². The Labute approximate surface area is 118 Å². The zero-order valence-corrected chi connectivity index (χ0v) is 11.1. The van der Waals surface area contributed by atoms with Crippen molar-refractivity contribution in [3.8, 4) is 0 Å². The lowest BCUT2D eigenvalue weighted by atomic mass is 10.2. The molecule has 5 nitrogen and oxygen atoms in total.